The first kappa shape index (κ1) is 11.9. The van der Waals surface area contributed by atoms with Crippen molar-refractivity contribution in [1.29, 1.82) is 0 Å². The van der Waals surface area contributed by atoms with E-state index in [1.807, 2.05) is 0 Å². The number of amides is 1. The van der Waals surface area contributed by atoms with E-state index in [1.54, 1.807) is 12.2 Å². The molecule has 0 aliphatic carbocycles. The summed E-state index contributed by atoms with van der Waals surface area (Å²) in [5, 5.41) is 8.83. The lowest BCUT2D eigenvalue weighted by atomic mass is 9.77. The van der Waals surface area contributed by atoms with Crippen molar-refractivity contribution >= 4 is 5.91 Å². The van der Waals surface area contributed by atoms with Crippen molar-refractivity contribution < 1.29 is 9.90 Å². The molecule has 0 unspecified atom stereocenters. The van der Waals surface area contributed by atoms with Crippen molar-refractivity contribution in [3.8, 4) is 0 Å². The van der Waals surface area contributed by atoms with Crippen molar-refractivity contribution in [2.45, 2.75) is 19.3 Å². The van der Waals surface area contributed by atoms with Crippen LogP contribution in [-0.2, 0) is 4.79 Å². The average Bonchev–Trinajstić information content (AvgIpc) is 2.05. The first-order chi connectivity index (χ1) is 6.13. The Balaban J connectivity index is 4.66. The predicted octanol–water partition coefficient (Wildman–Crippen LogP) is 0.993. The largest absolute Gasteiger partial charge is 0.396 e. The molecule has 0 bridgehead atoms. The summed E-state index contributed by atoms with van der Waals surface area (Å²) in [4.78, 5) is 11.2. The van der Waals surface area contributed by atoms with Gasteiger partial charge in [-0.1, -0.05) is 12.2 Å². The highest BCUT2D eigenvalue weighted by molar-refractivity contribution is 5.81. The van der Waals surface area contributed by atoms with Crippen LogP contribution in [0.1, 0.15) is 19.3 Å². The van der Waals surface area contributed by atoms with Crippen LogP contribution in [0.4, 0.5) is 0 Å². The fraction of sp³-hybridized carbons (Fsp3) is 0.500. The van der Waals surface area contributed by atoms with Gasteiger partial charge in [0.2, 0.25) is 5.91 Å². The summed E-state index contributed by atoms with van der Waals surface area (Å²) in [6.07, 6.45) is 4.61. The molecule has 0 spiro atoms. The van der Waals surface area contributed by atoms with Crippen molar-refractivity contribution in [3.05, 3.63) is 25.3 Å². The van der Waals surface area contributed by atoms with Gasteiger partial charge < -0.3 is 10.8 Å². The highest BCUT2D eigenvalue weighted by Crippen LogP contribution is 2.31. The van der Waals surface area contributed by atoms with Crippen LogP contribution in [0.5, 0.6) is 0 Å². The Morgan fingerprint density at radius 3 is 2.08 bits per heavy atom. The van der Waals surface area contributed by atoms with Crippen LogP contribution in [0.15, 0.2) is 25.3 Å². The zero-order chi connectivity index (χ0) is 10.3. The number of hydrogen-bond donors (Lipinski definition) is 2. The van der Waals surface area contributed by atoms with Gasteiger partial charge in [0.25, 0.3) is 0 Å². The van der Waals surface area contributed by atoms with Gasteiger partial charge in [-0.2, -0.15) is 0 Å². The molecule has 0 saturated heterocycles. The Labute approximate surface area is 78.9 Å². The van der Waals surface area contributed by atoms with Crippen molar-refractivity contribution in [1.82, 2.24) is 0 Å². The molecule has 0 aliphatic rings. The van der Waals surface area contributed by atoms with E-state index in [1.165, 1.54) is 0 Å². The van der Waals surface area contributed by atoms with Gasteiger partial charge in [-0.05, 0) is 19.3 Å². The molecule has 1 amide bonds. The molecule has 0 atom stereocenters. The summed E-state index contributed by atoms with van der Waals surface area (Å²) in [5.74, 6) is -0.402. The van der Waals surface area contributed by atoms with Crippen LogP contribution in [-0.4, -0.2) is 17.6 Å². The van der Waals surface area contributed by atoms with E-state index in [9.17, 15) is 4.79 Å². The number of carbonyl (C=O) groups excluding carboxylic acids is 1. The third-order valence-electron chi connectivity index (χ3n) is 2.18. The minimum Gasteiger partial charge on any atom is -0.396 e. The first-order valence-corrected chi connectivity index (χ1v) is 4.25. The molecule has 3 N–H and O–H groups in total. The van der Waals surface area contributed by atoms with Crippen molar-refractivity contribution in [3.63, 3.8) is 0 Å². The lowest BCUT2D eigenvalue weighted by Crippen LogP contribution is -2.37. The fourth-order valence-electron chi connectivity index (χ4n) is 1.38. The number of carbonyl (C=O) groups is 1. The van der Waals surface area contributed by atoms with Crippen molar-refractivity contribution in [2.75, 3.05) is 6.61 Å². The van der Waals surface area contributed by atoms with Gasteiger partial charge in [0.15, 0.2) is 0 Å². The summed E-state index contributed by atoms with van der Waals surface area (Å²) >= 11 is 0. The minimum absolute atomic E-state index is 0.0510. The number of aliphatic hydroxyl groups excluding tert-OH is 1. The maximum atomic E-state index is 11.2. The number of allylic oxidation sites excluding steroid dienone is 2. The maximum absolute atomic E-state index is 11.2. The molecule has 74 valence electrons. The lowest BCUT2D eigenvalue weighted by molar-refractivity contribution is -0.128. The second-order valence-electron chi connectivity index (χ2n) is 3.10. The Bertz CT molecular complexity index is 189. The Hall–Kier alpha value is -1.09. The molecule has 3 heteroatoms. The van der Waals surface area contributed by atoms with E-state index in [4.69, 9.17) is 10.8 Å². The van der Waals surface area contributed by atoms with Crippen LogP contribution in [0.2, 0.25) is 0 Å². The number of rotatable bonds is 7. The van der Waals surface area contributed by atoms with Gasteiger partial charge in [-0.15, -0.1) is 13.2 Å². The number of nitrogens with two attached hydrogens (primary N) is 1. The quantitative estimate of drug-likeness (QED) is 0.578. The second-order valence-corrected chi connectivity index (χ2v) is 3.10. The van der Waals surface area contributed by atoms with Gasteiger partial charge in [-0.25, -0.2) is 0 Å². The summed E-state index contributed by atoms with van der Waals surface area (Å²) in [7, 11) is 0. The summed E-state index contributed by atoms with van der Waals surface area (Å²) in [5.41, 5.74) is 4.59. The third-order valence-corrected chi connectivity index (χ3v) is 2.18. The molecular weight excluding hydrogens is 166 g/mol. The third kappa shape index (κ3) is 3.03. The van der Waals surface area contributed by atoms with Gasteiger partial charge in [0.05, 0.1) is 5.41 Å². The predicted molar refractivity (Wildman–Crippen MR) is 53.0 cm³/mol. The lowest BCUT2D eigenvalue weighted by Gasteiger charge is -2.27. The molecule has 0 fully saturated rings. The molecule has 0 heterocycles. The highest BCUT2D eigenvalue weighted by Gasteiger charge is 2.33. The summed E-state index contributed by atoms with van der Waals surface area (Å²) < 4.78 is 0. The van der Waals surface area contributed by atoms with Gasteiger partial charge >= 0.3 is 0 Å². The smallest absolute Gasteiger partial charge is 0.224 e. The molecule has 0 saturated carbocycles. The van der Waals surface area contributed by atoms with Gasteiger partial charge in [0.1, 0.15) is 0 Å². The topological polar surface area (TPSA) is 63.3 Å². The highest BCUT2D eigenvalue weighted by atomic mass is 16.3. The van der Waals surface area contributed by atoms with Crippen LogP contribution in [0.3, 0.4) is 0 Å². The zero-order valence-electron chi connectivity index (χ0n) is 7.83. The molecule has 0 aromatic rings. The van der Waals surface area contributed by atoms with E-state index < -0.39 is 11.3 Å². The molecule has 3 nitrogen and oxygen atoms in total. The summed E-state index contributed by atoms with van der Waals surface area (Å²) in [6.45, 7) is 7.09. The van der Waals surface area contributed by atoms with E-state index in [0.29, 0.717) is 19.3 Å². The van der Waals surface area contributed by atoms with Gasteiger partial charge in [0, 0.05) is 6.61 Å². The van der Waals surface area contributed by atoms with E-state index in [0.717, 1.165) is 0 Å². The number of aliphatic hydroxyl groups is 1. The van der Waals surface area contributed by atoms with E-state index in [-0.39, 0.29) is 6.61 Å². The molecule has 13 heavy (non-hydrogen) atoms. The monoisotopic (exact) mass is 183 g/mol. The van der Waals surface area contributed by atoms with Crippen LogP contribution in [0.25, 0.3) is 0 Å². The molecule has 0 aromatic heterocycles. The minimum atomic E-state index is -0.696. The van der Waals surface area contributed by atoms with E-state index in [2.05, 4.69) is 13.2 Å². The van der Waals surface area contributed by atoms with Crippen LogP contribution >= 0.6 is 0 Å². The van der Waals surface area contributed by atoms with Crippen LogP contribution in [0, 0.1) is 5.41 Å². The standard InChI is InChI=1S/C10H17NO2/c1-3-5-10(6-4-2,7-8-12)9(11)13/h3-4,12H,1-2,5-8H2,(H2,11,13). The molecule has 0 aromatic carbocycles. The second kappa shape index (κ2) is 5.54. The first-order valence-electron chi connectivity index (χ1n) is 4.25. The SMILES string of the molecule is C=CCC(CC=C)(CCO)C(N)=O. The summed E-state index contributed by atoms with van der Waals surface area (Å²) in [6, 6.07) is 0. The molecular formula is C10H17NO2. The average molecular weight is 183 g/mol. The Morgan fingerprint density at radius 2 is 1.85 bits per heavy atom. The number of hydrogen-bond acceptors (Lipinski definition) is 2. The van der Waals surface area contributed by atoms with Gasteiger partial charge in [-0.3, -0.25) is 4.79 Å². The normalized spacial score (nSPS) is 10.8. The number of primary amides is 1. The Morgan fingerprint density at radius 1 is 1.38 bits per heavy atom. The van der Waals surface area contributed by atoms with E-state index >= 15 is 0 Å². The molecule has 0 rings (SSSR count). The Kier molecular flexibility index (Phi) is 5.07. The van der Waals surface area contributed by atoms with Crippen molar-refractivity contribution in [2.24, 2.45) is 11.1 Å². The van der Waals surface area contributed by atoms with Crippen LogP contribution < -0.4 is 5.73 Å². The fourth-order valence-corrected chi connectivity index (χ4v) is 1.38. The molecule has 0 radical (unpaired) electrons. The maximum Gasteiger partial charge on any atom is 0.224 e. The zero-order valence-corrected chi connectivity index (χ0v) is 7.83. The molecule has 0 aliphatic heterocycles.